The van der Waals surface area contributed by atoms with E-state index in [2.05, 4.69) is 15.0 Å². The topological polar surface area (TPSA) is 164 Å². The Morgan fingerprint density at radius 3 is 2.33 bits per heavy atom. The van der Waals surface area contributed by atoms with E-state index in [1.807, 2.05) is 0 Å². The second kappa shape index (κ2) is 8.49. The molecule has 0 saturated carbocycles. The van der Waals surface area contributed by atoms with Gasteiger partial charge in [-0.05, 0) is 12.2 Å². The lowest BCUT2D eigenvalue weighted by atomic mass is 10.1. The molecule has 30 heavy (non-hydrogen) atoms. The number of fused-ring (bicyclic) bond motifs is 1. The van der Waals surface area contributed by atoms with E-state index in [0.29, 0.717) is 11.2 Å². The third-order valence-corrected chi connectivity index (χ3v) is 4.80. The number of aromatic nitrogens is 4. The normalized spacial score (nSPS) is 23.3. The fraction of sp³-hybridized carbons (Fsp3) is 0.500. The van der Waals surface area contributed by atoms with E-state index >= 15 is 0 Å². The molecular formula is C16H19N5O7S2. The minimum absolute atomic E-state index is 0.0327. The van der Waals surface area contributed by atoms with E-state index in [9.17, 15) is 14.4 Å². The SMILES string of the molecule is CC(=O)OC[C@H]1O[C@@H](n2c(=S)[nH]c3c(=S)nc(N)[nH]c32)[C@H](OC(C)=O)[C@@H]1OC(C)=O. The van der Waals surface area contributed by atoms with Crippen LogP contribution in [0, 0.1) is 9.41 Å². The molecule has 0 bridgehead atoms. The number of rotatable bonds is 5. The van der Waals surface area contributed by atoms with E-state index in [0.717, 1.165) is 0 Å². The average molecular weight is 457 g/mol. The number of nitrogens with two attached hydrogens (primary N) is 1. The molecule has 1 saturated heterocycles. The molecule has 0 spiro atoms. The van der Waals surface area contributed by atoms with E-state index in [1.165, 1.54) is 25.3 Å². The van der Waals surface area contributed by atoms with Crippen molar-refractivity contribution in [1.82, 2.24) is 19.5 Å². The molecule has 3 heterocycles. The number of H-pyrrole nitrogens is 2. The molecule has 162 valence electrons. The van der Waals surface area contributed by atoms with Crippen LogP contribution in [0.15, 0.2) is 0 Å². The Balaban J connectivity index is 2.13. The quantitative estimate of drug-likeness (QED) is 0.334. The molecule has 0 amide bonds. The van der Waals surface area contributed by atoms with Crippen LogP contribution in [0.3, 0.4) is 0 Å². The van der Waals surface area contributed by atoms with Gasteiger partial charge in [0, 0.05) is 20.8 Å². The maximum atomic E-state index is 11.8. The number of carbonyl (C=O) groups excluding carboxylic acids is 3. The molecule has 12 nitrogen and oxygen atoms in total. The minimum Gasteiger partial charge on any atom is -0.463 e. The predicted molar refractivity (Wildman–Crippen MR) is 106 cm³/mol. The van der Waals surface area contributed by atoms with Gasteiger partial charge in [0.25, 0.3) is 0 Å². The number of ether oxygens (including phenoxy) is 4. The molecule has 1 aliphatic heterocycles. The molecule has 0 unspecified atom stereocenters. The molecule has 2 aromatic rings. The van der Waals surface area contributed by atoms with Crippen molar-refractivity contribution in [2.45, 2.75) is 45.3 Å². The van der Waals surface area contributed by atoms with Gasteiger partial charge in [0.05, 0.1) is 0 Å². The largest absolute Gasteiger partial charge is 0.463 e. The van der Waals surface area contributed by atoms with Gasteiger partial charge in [-0.3, -0.25) is 19.0 Å². The van der Waals surface area contributed by atoms with Crippen molar-refractivity contribution >= 4 is 59.5 Å². The standard InChI is InChI=1S/C16H19N5O7S2/c1-5(22)25-4-8-10(26-6(2)23)11(27-7(3)24)14(28-8)21-12-9(18-16(21)30)13(29)20-15(17)19-12/h8,10-11,14H,4H2,1-3H3,(H,18,30)(H3,17,19,20,29)/t8-,10-,11-,14-/m1/s1. The van der Waals surface area contributed by atoms with E-state index in [1.54, 1.807) is 0 Å². The number of hydrogen-bond donors (Lipinski definition) is 3. The summed E-state index contributed by atoms with van der Waals surface area (Å²) in [7, 11) is 0. The highest BCUT2D eigenvalue weighted by molar-refractivity contribution is 7.71. The van der Waals surface area contributed by atoms with Crippen LogP contribution in [0.4, 0.5) is 5.95 Å². The predicted octanol–water partition coefficient (Wildman–Crippen LogP) is 1.06. The Bertz CT molecular complexity index is 1120. The van der Waals surface area contributed by atoms with Gasteiger partial charge in [-0.2, -0.15) is 0 Å². The van der Waals surface area contributed by atoms with Crippen LogP contribution >= 0.6 is 24.4 Å². The van der Waals surface area contributed by atoms with Crippen LogP contribution in [0.5, 0.6) is 0 Å². The molecule has 4 N–H and O–H groups in total. The van der Waals surface area contributed by atoms with Crippen molar-refractivity contribution in [3.05, 3.63) is 9.41 Å². The van der Waals surface area contributed by atoms with Crippen LogP contribution < -0.4 is 5.73 Å². The molecule has 0 radical (unpaired) electrons. The van der Waals surface area contributed by atoms with E-state index < -0.39 is 42.4 Å². The number of anilines is 1. The lowest BCUT2D eigenvalue weighted by molar-refractivity contribution is -0.166. The third kappa shape index (κ3) is 4.34. The Hall–Kier alpha value is -2.84. The van der Waals surface area contributed by atoms with Crippen LogP contribution in [0.25, 0.3) is 11.2 Å². The van der Waals surface area contributed by atoms with E-state index in [4.69, 9.17) is 49.1 Å². The van der Waals surface area contributed by atoms with Crippen molar-refractivity contribution in [2.75, 3.05) is 12.3 Å². The van der Waals surface area contributed by atoms with Crippen LogP contribution in [0.1, 0.15) is 27.0 Å². The fourth-order valence-corrected chi connectivity index (χ4v) is 3.73. The Morgan fingerprint density at radius 2 is 1.73 bits per heavy atom. The molecule has 2 aromatic heterocycles. The molecular weight excluding hydrogens is 438 g/mol. The first-order valence-electron chi connectivity index (χ1n) is 8.71. The number of esters is 3. The van der Waals surface area contributed by atoms with Gasteiger partial charge >= 0.3 is 17.9 Å². The molecule has 1 aliphatic rings. The molecule has 1 fully saturated rings. The summed E-state index contributed by atoms with van der Waals surface area (Å²) in [4.78, 5) is 44.4. The molecule has 0 aromatic carbocycles. The summed E-state index contributed by atoms with van der Waals surface area (Å²) in [5, 5.41) is 0. The number of aromatic amines is 2. The first-order chi connectivity index (χ1) is 14.1. The Labute approximate surface area is 179 Å². The van der Waals surface area contributed by atoms with Crippen LogP contribution in [-0.4, -0.2) is 62.3 Å². The molecule has 4 atom stereocenters. The summed E-state index contributed by atoms with van der Waals surface area (Å²) in [5.41, 5.74) is 6.50. The number of imidazole rings is 1. The second-order valence-electron chi connectivity index (χ2n) is 6.47. The first kappa shape index (κ1) is 21.9. The summed E-state index contributed by atoms with van der Waals surface area (Å²) < 4.78 is 23.5. The molecule has 3 rings (SSSR count). The van der Waals surface area contributed by atoms with Crippen molar-refractivity contribution in [2.24, 2.45) is 0 Å². The van der Waals surface area contributed by atoms with Crippen LogP contribution in [-0.2, 0) is 33.3 Å². The number of nitrogens with one attached hydrogen (secondary N) is 2. The number of hydrogen-bond acceptors (Lipinski definition) is 11. The smallest absolute Gasteiger partial charge is 0.303 e. The Morgan fingerprint density at radius 1 is 1.10 bits per heavy atom. The number of carbonyl (C=O) groups is 3. The third-order valence-electron chi connectivity index (χ3n) is 4.21. The van der Waals surface area contributed by atoms with Gasteiger partial charge in [0.2, 0.25) is 0 Å². The summed E-state index contributed by atoms with van der Waals surface area (Å²) in [5.74, 6) is -1.80. The summed E-state index contributed by atoms with van der Waals surface area (Å²) in [6.07, 6.45) is -4.15. The van der Waals surface area contributed by atoms with E-state index in [-0.39, 0.29) is 22.0 Å². The van der Waals surface area contributed by atoms with Gasteiger partial charge < -0.3 is 34.6 Å². The van der Waals surface area contributed by atoms with Crippen molar-refractivity contribution in [3.63, 3.8) is 0 Å². The van der Waals surface area contributed by atoms with Crippen molar-refractivity contribution in [1.29, 1.82) is 0 Å². The number of nitrogens with zero attached hydrogens (tertiary/aromatic N) is 2. The maximum absolute atomic E-state index is 11.8. The monoisotopic (exact) mass is 457 g/mol. The highest BCUT2D eigenvalue weighted by Crippen LogP contribution is 2.36. The zero-order valence-electron chi connectivity index (χ0n) is 16.2. The molecule has 14 heteroatoms. The van der Waals surface area contributed by atoms with Crippen molar-refractivity contribution in [3.8, 4) is 0 Å². The van der Waals surface area contributed by atoms with Gasteiger partial charge in [0.1, 0.15) is 23.9 Å². The number of nitrogen functional groups attached to an aromatic ring is 1. The summed E-state index contributed by atoms with van der Waals surface area (Å²) in [6, 6.07) is 0. The van der Waals surface area contributed by atoms with Crippen molar-refractivity contribution < 1.29 is 33.3 Å². The lowest BCUT2D eigenvalue weighted by Gasteiger charge is -2.23. The summed E-state index contributed by atoms with van der Waals surface area (Å²) >= 11 is 10.6. The van der Waals surface area contributed by atoms with Gasteiger partial charge in [-0.1, -0.05) is 12.2 Å². The average Bonchev–Trinajstić information content (AvgIpc) is 3.10. The van der Waals surface area contributed by atoms with Crippen LogP contribution in [0.2, 0.25) is 0 Å². The first-order valence-corrected chi connectivity index (χ1v) is 9.53. The minimum atomic E-state index is -1.10. The zero-order valence-corrected chi connectivity index (χ0v) is 17.8. The highest BCUT2D eigenvalue weighted by Gasteiger charge is 2.51. The summed E-state index contributed by atoms with van der Waals surface area (Å²) in [6.45, 7) is 3.38. The van der Waals surface area contributed by atoms with Gasteiger partial charge in [0.15, 0.2) is 33.8 Å². The Kier molecular flexibility index (Phi) is 6.19. The fourth-order valence-electron chi connectivity index (χ4n) is 3.18. The molecule has 0 aliphatic carbocycles. The van der Waals surface area contributed by atoms with Gasteiger partial charge in [-0.15, -0.1) is 0 Å². The second-order valence-corrected chi connectivity index (χ2v) is 7.24. The van der Waals surface area contributed by atoms with Gasteiger partial charge in [-0.25, -0.2) is 4.98 Å². The highest BCUT2D eigenvalue weighted by atomic mass is 32.1. The maximum Gasteiger partial charge on any atom is 0.303 e. The lowest BCUT2D eigenvalue weighted by Crippen LogP contribution is -2.40. The zero-order chi connectivity index (χ0) is 22.2.